The van der Waals surface area contributed by atoms with E-state index < -0.39 is 0 Å². The average Bonchev–Trinajstić information content (AvgIpc) is 3.05. The number of aromatic nitrogens is 2. The van der Waals surface area contributed by atoms with Crippen LogP contribution < -0.4 is 0 Å². The van der Waals surface area contributed by atoms with Gasteiger partial charge in [-0.15, -0.1) is 0 Å². The van der Waals surface area contributed by atoms with Crippen LogP contribution in [-0.4, -0.2) is 27.5 Å². The van der Waals surface area contributed by atoms with Gasteiger partial charge in [-0.25, -0.2) is 0 Å². The number of hydrogen-bond donors (Lipinski definition) is 0. The first-order valence-corrected chi connectivity index (χ1v) is 9.04. The van der Waals surface area contributed by atoms with Crippen molar-refractivity contribution in [2.45, 2.75) is 44.3 Å². The summed E-state index contributed by atoms with van der Waals surface area (Å²) in [5.41, 5.74) is 5.92. The van der Waals surface area contributed by atoms with Gasteiger partial charge in [0.2, 0.25) is 0 Å². The molecule has 2 aliphatic rings. The molecule has 1 aromatic carbocycles. The van der Waals surface area contributed by atoms with Crippen LogP contribution >= 0.6 is 0 Å². The van der Waals surface area contributed by atoms with E-state index in [1.54, 1.807) is 11.3 Å². The van der Waals surface area contributed by atoms with Crippen molar-refractivity contribution in [2.75, 3.05) is 7.05 Å². The van der Waals surface area contributed by atoms with Crippen molar-refractivity contribution in [2.24, 2.45) is 0 Å². The summed E-state index contributed by atoms with van der Waals surface area (Å²) in [4.78, 5) is 6.87. The quantitative estimate of drug-likeness (QED) is 0.729. The lowest BCUT2D eigenvalue weighted by atomic mass is 9.97. The third-order valence-corrected chi connectivity index (χ3v) is 6.07. The van der Waals surface area contributed by atoms with Gasteiger partial charge in [0.25, 0.3) is 0 Å². The highest BCUT2D eigenvalue weighted by molar-refractivity contribution is 5.86. The molecule has 2 atom stereocenters. The molecule has 5 rings (SSSR count). The van der Waals surface area contributed by atoms with E-state index in [0.29, 0.717) is 6.04 Å². The minimum absolute atomic E-state index is 0.614. The van der Waals surface area contributed by atoms with E-state index in [0.717, 1.165) is 19.0 Å². The molecule has 2 bridgehead atoms. The highest BCUT2D eigenvalue weighted by Crippen LogP contribution is 2.46. The Kier molecular flexibility index (Phi) is 3.23. The lowest BCUT2D eigenvalue weighted by Crippen LogP contribution is -2.34. The smallest absolute Gasteiger partial charge is 0.0486 e. The summed E-state index contributed by atoms with van der Waals surface area (Å²) in [5.74, 6) is 0. The molecule has 24 heavy (non-hydrogen) atoms. The molecule has 2 aromatic heterocycles. The maximum Gasteiger partial charge on any atom is 0.0486 e. The van der Waals surface area contributed by atoms with E-state index >= 15 is 0 Å². The first kappa shape index (κ1) is 14.2. The van der Waals surface area contributed by atoms with Gasteiger partial charge < -0.3 is 4.57 Å². The van der Waals surface area contributed by atoms with E-state index in [4.69, 9.17) is 0 Å². The van der Waals surface area contributed by atoms with Crippen molar-refractivity contribution in [3.63, 3.8) is 0 Å². The Balaban J connectivity index is 1.60. The third kappa shape index (κ3) is 2.04. The molecule has 122 valence electrons. The number of para-hydroxylation sites is 1. The molecule has 2 aliphatic heterocycles. The third-order valence-electron chi connectivity index (χ3n) is 6.07. The normalized spacial score (nSPS) is 22.9. The Labute approximate surface area is 142 Å². The first-order chi connectivity index (χ1) is 11.8. The van der Waals surface area contributed by atoms with Gasteiger partial charge in [0.1, 0.15) is 0 Å². The molecule has 0 radical (unpaired) electrons. The number of aryl methyl sites for hydroxylation is 2. The number of hydrogen-bond acceptors (Lipinski definition) is 2. The standard InChI is InChI=1S/C21H23N3/c1-23-16-8-9-19(23)21-17-6-2-3-7-18(17)24(20(21)13-16)12-10-15-5-4-11-22-14-15/h2-7,11,14,16,19H,8-10,12-13H2,1H3. The maximum absolute atomic E-state index is 4.26. The molecular formula is C21H23N3. The van der Waals surface area contributed by atoms with Gasteiger partial charge in [-0.2, -0.15) is 0 Å². The zero-order valence-electron chi connectivity index (χ0n) is 14.2. The van der Waals surface area contributed by atoms with Crippen molar-refractivity contribution in [1.29, 1.82) is 0 Å². The number of likely N-dealkylation sites (N-methyl/N-ethyl adjacent to an activating group) is 1. The van der Waals surface area contributed by atoms with Crippen molar-refractivity contribution in [1.82, 2.24) is 14.5 Å². The molecule has 0 aliphatic carbocycles. The number of pyridine rings is 1. The first-order valence-electron chi connectivity index (χ1n) is 9.04. The van der Waals surface area contributed by atoms with Gasteiger partial charge in [0.05, 0.1) is 0 Å². The molecule has 4 heterocycles. The van der Waals surface area contributed by atoms with Gasteiger partial charge in [0, 0.05) is 54.0 Å². The van der Waals surface area contributed by atoms with Crippen LogP contribution in [-0.2, 0) is 19.4 Å². The summed E-state index contributed by atoms with van der Waals surface area (Å²) < 4.78 is 2.59. The molecule has 0 saturated carbocycles. The number of nitrogens with zero attached hydrogens (tertiary/aromatic N) is 3. The van der Waals surface area contributed by atoms with Crippen LogP contribution in [0.2, 0.25) is 0 Å². The Bertz CT molecular complexity index is 881. The minimum Gasteiger partial charge on any atom is -0.344 e. The van der Waals surface area contributed by atoms with E-state index in [9.17, 15) is 0 Å². The van der Waals surface area contributed by atoms with Gasteiger partial charge in [-0.3, -0.25) is 9.88 Å². The molecule has 1 saturated heterocycles. The molecule has 3 heteroatoms. The van der Waals surface area contributed by atoms with Gasteiger partial charge in [0.15, 0.2) is 0 Å². The fraction of sp³-hybridized carbons (Fsp3) is 0.381. The number of benzene rings is 1. The number of fused-ring (bicyclic) bond motifs is 6. The van der Waals surface area contributed by atoms with Crippen LogP contribution in [0.5, 0.6) is 0 Å². The highest BCUT2D eigenvalue weighted by Gasteiger charge is 2.40. The van der Waals surface area contributed by atoms with E-state index in [-0.39, 0.29) is 0 Å². The van der Waals surface area contributed by atoms with Crippen LogP contribution in [0.4, 0.5) is 0 Å². The van der Waals surface area contributed by atoms with E-state index in [1.807, 2.05) is 18.5 Å². The lowest BCUT2D eigenvalue weighted by Gasteiger charge is -2.32. The predicted molar refractivity (Wildman–Crippen MR) is 97.1 cm³/mol. The molecule has 0 N–H and O–H groups in total. The van der Waals surface area contributed by atoms with Crippen molar-refractivity contribution >= 4 is 10.9 Å². The number of rotatable bonds is 3. The maximum atomic E-state index is 4.26. The largest absolute Gasteiger partial charge is 0.344 e. The summed E-state index contributed by atoms with van der Waals surface area (Å²) >= 11 is 0. The van der Waals surface area contributed by atoms with Crippen molar-refractivity contribution in [3.05, 3.63) is 65.6 Å². The van der Waals surface area contributed by atoms with Crippen LogP contribution in [0.25, 0.3) is 10.9 Å². The van der Waals surface area contributed by atoms with Gasteiger partial charge in [-0.05, 0) is 49.6 Å². The zero-order valence-corrected chi connectivity index (χ0v) is 14.2. The summed E-state index contributed by atoms with van der Waals surface area (Å²) in [6.45, 7) is 1.05. The average molecular weight is 317 g/mol. The topological polar surface area (TPSA) is 21.1 Å². The predicted octanol–water partition coefficient (Wildman–Crippen LogP) is 3.97. The second kappa shape index (κ2) is 5.45. The Morgan fingerprint density at radius 1 is 1.12 bits per heavy atom. The highest BCUT2D eigenvalue weighted by atomic mass is 15.2. The molecule has 1 fully saturated rings. The molecular weight excluding hydrogens is 294 g/mol. The summed E-state index contributed by atoms with van der Waals surface area (Å²) in [6.07, 6.45) is 8.74. The van der Waals surface area contributed by atoms with E-state index in [2.05, 4.69) is 51.8 Å². The Morgan fingerprint density at radius 2 is 2.04 bits per heavy atom. The lowest BCUT2D eigenvalue weighted by molar-refractivity contribution is 0.222. The SMILES string of the molecule is CN1C2CCC1c1c(n(CCc3cccnc3)c3ccccc13)C2. The van der Waals surface area contributed by atoms with Crippen LogP contribution in [0.1, 0.15) is 35.7 Å². The van der Waals surface area contributed by atoms with Crippen LogP contribution in [0.3, 0.4) is 0 Å². The monoisotopic (exact) mass is 317 g/mol. The summed E-state index contributed by atoms with van der Waals surface area (Å²) in [5, 5.41) is 1.47. The van der Waals surface area contributed by atoms with Crippen LogP contribution in [0.15, 0.2) is 48.8 Å². The Morgan fingerprint density at radius 3 is 2.92 bits per heavy atom. The molecule has 3 aromatic rings. The fourth-order valence-electron chi connectivity index (χ4n) is 4.85. The van der Waals surface area contributed by atoms with Crippen molar-refractivity contribution in [3.8, 4) is 0 Å². The molecule has 3 nitrogen and oxygen atoms in total. The van der Waals surface area contributed by atoms with Gasteiger partial charge in [-0.1, -0.05) is 24.3 Å². The van der Waals surface area contributed by atoms with E-state index in [1.165, 1.54) is 35.7 Å². The second-order valence-corrected chi connectivity index (χ2v) is 7.26. The summed E-state index contributed by atoms with van der Waals surface area (Å²) in [7, 11) is 2.31. The van der Waals surface area contributed by atoms with Gasteiger partial charge >= 0.3 is 0 Å². The fourth-order valence-corrected chi connectivity index (χ4v) is 4.85. The zero-order chi connectivity index (χ0) is 16.1. The van der Waals surface area contributed by atoms with Crippen LogP contribution in [0, 0.1) is 0 Å². The molecule has 0 spiro atoms. The second-order valence-electron chi connectivity index (χ2n) is 7.26. The minimum atomic E-state index is 0.614. The Hall–Kier alpha value is -2.13. The molecule has 2 unspecified atom stereocenters. The summed E-state index contributed by atoms with van der Waals surface area (Å²) in [6, 6.07) is 14.5. The molecule has 0 amide bonds. The van der Waals surface area contributed by atoms with Crippen molar-refractivity contribution < 1.29 is 0 Å².